The van der Waals surface area contributed by atoms with E-state index in [2.05, 4.69) is 9.71 Å². The van der Waals surface area contributed by atoms with Crippen LogP contribution in [0.15, 0.2) is 41.4 Å². The summed E-state index contributed by atoms with van der Waals surface area (Å²) in [4.78, 5) is 3.43. The number of halogens is 2. The van der Waals surface area contributed by atoms with Crippen LogP contribution in [0.25, 0.3) is 0 Å². The van der Waals surface area contributed by atoms with E-state index in [1.807, 2.05) is 0 Å². The van der Waals surface area contributed by atoms with Crippen molar-refractivity contribution in [3.63, 3.8) is 0 Å². The van der Waals surface area contributed by atoms with Gasteiger partial charge in [-0.15, -0.1) is 0 Å². The first kappa shape index (κ1) is 17.8. The van der Waals surface area contributed by atoms with Gasteiger partial charge in [0.15, 0.2) is 0 Å². The van der Waals surface area contributed by atoms with Crippen LogP contribution in [0.5, 0.6) is 5.88 Å². The van der Waals surface area contributed by atoms with Gasteiger partial charge < -0.3 is 4.74 Å². The van der Waals surface area contributed by atoms with E-state index in [9.17, 15) is 17.2 Å². The molecule has 1 N–H and O–H groups in total. The monoisotopic (exact) mass is 368 g/mol. The smallest absolute Gasteiger partial charge is 0.243 e. The average Bonchev–Trinajstić information content (AvgIpc) is 3.09. The van der Waals surface area contributed by atoms with Crippen LogP contribution in [0.2, 0.25) is 0 Å². The summed E-state index contributed by atoms with van der Waals surface area (Å²) in [6.45, 7) is -0.131. The Morgan fingerprint density at radius 3 is 2.72 bits per heavy atom. The van der Waals surface area contributed by atoms with Gasteiger partial charge in [-0.2, -0.15) is 0 Å². The minimum atomic E-state index is -4.20. The molecule has 8 heteroatoms. The Morgan fingerprint density at radius 2 is 1.96 bits per heavy atom. The van der Waals surface area contributed by atoms with E-state index in [4.69, 9.17) is 4.74 Å². The zero-order chi connectivity index (χ0) is 17.9. The largest absolute Gasteiger partial charge is 0.474 e. The van der Waals surface area contributed by atoms with Crippen molar-refractivity contribution < 1.29 is 21.9 Å². The van der Waals surface area contributed by atoms with E-state index >= 15 is 0 Å². The number of rotatable bonds is 6. The lowest BCUT2D eigenvalue weighted by Gasteiger charge is -2.15. The summed E-state index contributed by atoms with van der Waals surface area (Å²) >= 11 is 0. The SMILES string of the molecule is O=S(=O)(NCc1cccnc1OC1CCCC1)c1cc(F)ccc1F. The molecule has 0 aliphatic heterocycles. The van der Waals surface area contributed by atoms with Crippen molar-refractivity contribution in [2.45, 2.75) is 43.2 Å². The van der Waals surface area contributed by atoms with Gasteiger partial charge >= 0.3 is 0 Å². The molecule has 25 heavy (non-hydrogen) atoms. The first-order valence-electron chi connectivity index (χ1n) is 8.01. The average molecular weight is 368 g/mol. The van der Waals surface area contributed by atoms with Crippen LogP contribution < -0.4 is 9.46 Å². The highest BCUT2D eigenvalue weighted by molar-refractivity contribution is 7.89. The zero-order valence-electron chi connectivity index (χ0n) is 13.4. The Hall–Kier alpha value is -2.06. The summed E-state index contributed by atoms with van der Waals surface area (Å²) in [5.41, 5.74) is 0.537. The molecule has 2 aromatic rings. The molecule has 1 aromatic heterocycles. The standard InChI is InChI=1S/C17H18F2N2O3S/c18-13-7-8-15(19)16(10-13)25(22,23)21-11-12-4-3-9-20-17(12)24-14-5-1-2-6-14/h3-4,7-10,14,21H,1-2,5-6,11H2. The van der Waals surface area contributed by atoms with E-state index in [-0.39, 0.29) is 12.6 Å². The Labute approximate surface area is 145 Å². The predicted molar refractivity (Wildman–Crippen MR) is 87.5 cm³/mol. The Kier molecular flexibility index (Phi) is 5.29. The molecule has 1 fully saturated rings. The number of pyridine rings is 1. The van der Waals surface area contributed by atoms with Gasteiger partial charge in [-0.1, -0.05) is 6.07 Å². The summed E-state index contributed by atoms with van der Waals surface area (Å²) in [5.74, 6) is -1.48. The topological polar surface area (TPSA) is 68.3 Å². The second-order valence-electron chi connectivity index (χ2n) is 5.89. The number of nitrogens with one attached hydrogen (secondary N) is 1. The van der Waals surface area contributed by atoms with Crippen molar-refractivity contribution in [3.05, 3.63) is 53.7 Å². The van der Waals surface area contributed by atoms with E-state index in [1.54, 1.807) is 18.3 Å². The van der Waals surface area contributed by atoms with Crippen LogP contribution in [0.1, 0.15) is 31.2 Å². The molecule has 1 aliphatic rings. The summed E-state index contributed by atoms with van der Waals surface area (Å²) < 4.78 is 59.6. The van der Waals surface area contributed by atoms with E-state index < -0.39 is 26.6 Å². The number of aromatic nitrogens is 1. The molecule has 0 atom stereocenters. The molecule has 5 nitrogen and oxygen atoms in total. The van der Waals surface area contributed by atoms with Gasteiger partial charge in [0.1, 0.15) is 22.6 Å². The number of sulfonamides is 1. The van der Waals surface area contributed by atoms with Crippen LogP contribution in [-0.4, -0.2) is 19.5 Å². The van der Waals surface area contributed by atoms with Crippen LogP contribution in [0, 0.1) is 11.6 Å². The molecule has 134 valence electrons. The maximum Gasteiger partial charge on any atom is 0.243 e. The van der Waals surface area contributed by atoms with Gasteiger partial charge in [0.25, 0.3) is 0 Å². The molecule has 1 heterocycles. The Morgan fingerprint density at radius 1 is 1.20 bits per heavy atom. The zero-order valence-corrected chi connectivity index (χ0v) is 14.2. The molecule has 0 radical (unpaired) electrons. The lowest BCUT2D eigenvalue weighted by molar-refractivity contribution is 0.199. The summed E-state index contributed by atoms with van der Waals surface area (Å²) in [6, 6.07) is 5.64. The van der Waals surface area contributed by atoms with Crippen molar-refractivity contribution in [1.29, 1.82) is 0 Å². The highest BCUT2D eigenvalue weighted by atomic mass is 32.2. The van der Waals surface area contributed by atoms with Gasteiger partial charge in [-0.25, -0.2) is 26.9 Å². The number of hydrogen-bond donors (Lipinski definition) is 1. The summed E-state index contributed by atoms with van der Waals surface area (Å²) in [6.07, 6.45) is 5.71. The maximum absolute atomic E-state index is 13.7. The normalized spacial score (nSPS) is 15.4. The first-order valence-corrected chi connectivity index (χ1v) is 9.49. The third-order valence-electron chi connectivity index (χ3n) is 4.07. The fraction of sp³-hybridized carbons (Fsp3) is 0.353. The van der Waals surface area contributed by atoms with E-state index in [0.29, 0.717) is 17.5 Å². The molecule has 0 amide bonds. The molecule has 1 saturated carbocycles. The minimum Gasteiger partial charge on any atom is -0.474 e. The van der Waals surface area contributed by atoms with Gasteiger partial charge in [0.05, 0.1) is 0 Å². The molecule has 1 aliphatic carbocycles. The second kappa shape index (κ2) is 7.45. The number of hydrogen-bond acceptors (Lipinski definition) is 4. The Bertz CT molecular complexity index is 853. The van der Waals surface area contributed by atoms with Crippen LogP contribution in [0.3, 0.4) is 0 Å². The minimum absolute atomic E-state index is 0.0749. The van der Waals surface area contributed by atoms with Crippen molar-refractivity contribution in [2.75, 3.05) is 0 Å². The number of nitrogens with zero attached hydrogens (tertiary/aromatic N) is 1. The van der Waals surface area contributed by atoms with Crippen LogP contribution in [0.4, 0.5) is 8.78 Å². The molecule has 3 rings (SSSR count). The molecule has 0 bridgehead atoms. The number of benzene rings is 1. The van der Waals surface area contributed by atoms with E-state index in [1.165, 1.54) is 0 Å². The van der Waals surface area contributed by atoms with Crippen molar-refractivity contribution in [1.82, 2.24) is 9.71 Å². The first-order chi connectivity index (χ1) is 12.0. The van der Waals surface area contributed by atoms with Crippen molar-refractivity contribution in [3.8, 4) is 5.88 Å². The van der Waals surface area contributed by atoms with Gasteiger partial charge in [0.2, 0.25) is 15.9 Å². The quantitative estimate of drug-likeness (QED) is 0.850. The fourth-order valence-corrected chi connectivity index (χ4v) is 3.86. The van der Waals surface area contributed by atoms with Gasteiger partial charge in [-0.05, 0) is 49.9 Å². The van der Waals surface area contributed by atoms with Crippen LogP contribution >= 0.6 is 0 Å². The summed E-state index contributed by atoms with van der Waals surface area (Å²) in [7, 11) is -4.20. The third kappa shape index (κ3) is 4.32. The van der Waals surface area contributed by atoms with Gasteiger partial charge in [-0.3, -0.25) is 0 Å². The number of ether oxygens (including phenoxy) is 1. The van der Waals surface area contributed by atoms with Gasteiger partial charge in [0, 0.05) is 18.3 Å². The molecule has 0 saturated heterocycles. The fourth-order valence-electron chi connectivity index (χ4n) is 2.76. The summed E-state index contributed by atoms with van der Waals surface area (Å²) in [5, 5.41) is 0. The maximum atomic E-state index is 13.7. The Balaban J connectivity index is 1.75. The molecule has 0 unspecified atom stereocenters. The second-order valence-corrected chi connectivity index (χ2v) is 7.63. The van der Waals surface area contributed by atoms with Crippen molar-refractivity contribution in [2.24, 2.45) is 0 Å². The molecule has 1 aromatic carbocycles. The highest BCUT2D eigenvalue weighted by Crippen LogP contribution is 2.25. The van der Waals surface area contributed by atoms with Crippen LogP contribution in [-0.2, 0) is 16.6 Å². The molecule has 0 spiro atoms. The van der Waals surface area contributed by atoms with E-state index in [0.717, 1.165) is 37.8 Å². The predicted octanol–water partition coefficient (Wildman–Crippen LogP) is 3.16. The molecular formula is C17H18F2N2O3S. The lowest BCUT2D eigenvalue weighted by Crippen LogP contribution is -2.25. The molecular weight excluding hydrogens is 350 g/mol. The highest BCUT2D eigenvalue weighted by Gasteiger charge is 2.22. The third-order valence-corrected chi connectivity index (χ3v) is 5.48. The lowest BCUT2D eigenvalue weighted by atomic mass is 10.2. The van der Waals surface area contributed by atoms with Crippen molar-refractivity contribution >= 4 is 10.0 Å².